The summed E-state index contributed by atoms with van der Waals surface area (Å²) < 4.78 is 26.0. The van der Waals surface area contributed by atoms with Crippen LogP contribution in [0.25, 0.3) is 10.6 Å². The number of anilines is 1. The maximum Gasteiger partial charge on any atom is 0.211 e. The van der Waals surface area contributed by atoms with Gasteiger partial charge in [-0.05, 0) is 31.2 Å². The summed E-state index contributed by atoms with van der Waals surface area (Å²) >= 11 is 1.68. The van der Waals surface area contributed by atoms with Crippen LogP contribution in [0.1, 0.15) is 19.8 Å². The lowest BCUT2D eigenvalue weighted by Crippen LogP contribution is -2.45. The number of aromatic nitrogens is 2. The molecular formula is C14H20N4O2S2. The molecule has 0 atom stereocenters. The third-order valence-electron chi connectivity index (χ3n) is 3.90. The highest BCUT2D eigenvalue weighted by molar-refractivity contribution is 7.89. The van der Waals surface area contributed by atoms with Crippen molar-refractivity contribution in [1.29, 1.82) is 0 Å². The van der Waals surface area contributed by atoms with Crippen molar-refractivity contribution in [1.82, 2.24) is 14.9 Å². The van der Waals surface area contributed by atoms with Crippen LogP contribution in [-0.2, 0) is 10.0 Å². The van der Waals surface area contributed by atoms with Crippen molar-refractivity contribution in [3.05, 3.63) is 23.6 Å². The van der Waals surface area contributed by atoms with Gasteiger partial charge in [-0.1, -0.05) is 6.07 Å². The molecule has 2 N–H and O–H groups in total. The molecule has 120 valence electrons. The summed E-state index contributed by atoms with van der Waals surface area (Å²) in [5.41, 5.74) is 1.03. The number of nitrogens with zero attached hydrogens (tertiary/aromatic N) is 2. The van der Waals surface area contributed by atoms with Crippen LogP contribution in [0.3, 0.4) is 0 Å². The standard InChI is InChI=1S/C14H20N4O2S2/c1-2-22(19,20)17-11-5-7-18(8-6-11)14-10-12(15-16-14)13-4-3-9-21-13/h3-4,9-11,17H,2,5-8H2,1H3,(H,15,16). The molecule has 1 aliphatic heterocycles. The third kappa shape index (κ3) is 3.50. The first-order valence-corrected chi connectivity index (χ1v) is 9.95. The van der Waals surface area contributed by atoms with Gasteiger partial charge in [0.1, 0.15) is 0 Å². The van der Waals surface area contributed by atoms with E-state index in [9.17, 15) is 8.42 Å². The molecule has 1 fully saturated rings. The number of H-pyrrole nitrogens is 1. The molecule has 0 saturated carbocycles. The Morgan fingerprint density at radius 2 is 2.23 bits per heavy atom. The van der Waals surface area contributed by atoms with Gasteiger partial charge in [0, 0.05) is 25.2 Å². The molecule has 2 aromatic heterocycles. The number of hydrogen-bond donors (Lipinski definition) is 2. The van der Waals surface area contributed by atoms with Crippen LogP contribution in [0.4, 0.5) is 5.82 Å². The summed E-state index contributed by atoms with van der Waals surface area (Å²) in [6.45, 7) is 3.28. The Morgan fingerprint density at radius 3 is 2.86 bits per heavy atom. The zero-order valence-electron chi connectivity index (χ0n) is 12.4. The predicted molar refractivity (Wildman–Crippen MR) is 89.7 cm³/mol. The van der Waals surface area contributed by atoms with Crippen LogP contribution in [0.5, 0.6) is 0 Å². The van der Waals surface area contributed by atoms with E-state index in [-0.39, 0.29) is 11.8 Å². The monoisotopic (exact) mass is 340 g/mol. The zero-order valence-corrected chi connectivity index (χ0v) is 14.1. The maximum atomic E-state index is 11.6. The average molecular weight is 340 g/mol. The van der Waals surface area contributed by atoms with Crippen molar-refractivity contribution in [2.45, 2.75) is 25.8 Å². The minimum Gasteiger partial charge on any atom is -0.355 e. The van der Waals surface area contributed by atoms with E-state index in [1.807, 2.05) is 11.4 Å². The molecule has 1 aliphatic rings. The normalized spacial score (nSPS) is 17.0. The predicted octanol–water partition coefficient (Wildman–Crippen LogP) is 2.05. The van der Waals surface area contributed by atoms with Crippen LogP contribution < -0.4 is 9.62 Å². The molecule has 2 aromatic rings. The Bertz CT molecular complexity index is 701. The van der Waals surface area contributed by atoms with Crippen molar-refractivity contribution in [2.75, 3.05) is 23.7 Å². The number of thiophene rings is 1. The summed E-state index contributed by atoms with van der Waals surface area (Å²) in [6, 6.07) is 6.18. The van der Waals surface area contributed by atoms with Gasteiger partial charge in [-0.2, -0.15) is 5.10 Å². The number of rotatable bonds is 5. The van der Waals surface area contributed by atoms with Crippen LogP contribution in [0.15, 0.2) is 23.6 Å². The highest BCUT2D eigenvalue weighted by Gasteiger charge is 2.24. The zero-order chi connectivity index (χ0) is 15.6. The summed E-state index contributed by atoms with van der Waals surface area (Å²) in [4.78, 5) is 3.37. The Labute approximate surface area is 134 Å². The molecule has 0 bridgehead atoms. The summed E-state index contributed by atoms with van der Waals surface area (Å²) in [6.07, 6.45) is 1.61. The molecule has 0 aromatic carbocycles. The van der Waals surface area contributed by atoms with E-state index in [1.54, 1.807) is 18.3 Å². The number of sulfonamides is 1. The van der Waals surface area contributed by atoms with E-state index < -0.39 is 10.0 Å². The Morgan fingerprint density at radius 1 is 1.45 bits per heavy atom. The van der Waals surface area contributed by atoms with Gasteiger partial charge in [-0.25, -0.2) is 13.1 Å². The quantitative estimate of drug-likeness (QED) is 0.873. The minimum atomic E-state index is -3.12. The Hall–Kier alpha value is -1.38. The van der Waals surface area contributed by atoms with E-state index in [0.29, 0.717) is 0 Å². The lowest BCUT2D eigenvalue weighted by atomic mass is 10.1. The molecule has 0 amide bonds. The number of aromatic amines is 1. The van der Waals surface area contributed by atoms with Crippen LogP contribution in [-0.4, -0.2) is 43.5 Å². The van der Waals surface area contributed by atoms with Gasteiger partial charge in [0.05, 0.1) is 16.3 Å². The second-order valence-corrected chi connectivity index (χ2v) is 8.39. The number of piperidine rings is 1. The first kappa shape index (κ1) is 15.5. The van der Waals surface area contributed by atoms with Gasteiger partial charge in [0.2, 0.25) is 10.0 Å². The molecule has 0 spiro atoms. The topological polar surface area (TPSA) is 78.1 Å². The summed E-state index contributed by atoms with van der Waals surface area (Å²) in [5, 5.41) is 9.49. The van der Waals surface area contributed by atoms with Crippen molar-refractivity contribution in [3.63, 3.8) is 0 Å². The van der Waals surface area contributed by atoms with Crippen molar-refractivity contribution in [2.24, 2.45) is 0 Å². The van der Waals surface area contributed by atoms with E-state index in [1.165, 1.54) is 4.88 Å². The van der Waals surface area contributed by atoms with Crippen LogP contribution >= 0.6 is 11.3 Å². The van der Waals surface area contributed by atoms with E-state index >= 15 is 0 Å². The molecule has 22 heavy (non-hydrogen) atoms. The van der Waals surface area contributed by atoms with E-state index in [0.717, 1.165) is 37.4 Å². The lowest BCUT2D eigenvalue weighted by molar-refractivity contribution is 0.458. The van der Waals surface area contributed by atoms with E-state index in [4.69, 9.17) is 0 Å². The van der Waals surface area contributed by atoms with Gasteiger partial charge in [-0.3, -0.25) is 5.10 Å². The van der Waals surface area contributed by atoms with Gasteiger partial charge in [0.15, 0.2) is 5.82 Å². The largest absolute Gasteiger partial charge is 0.355 e. The summed E-state index contributed by atoms with van der Waals surface area (Å²) in [5.74, 6) is 1.07. The molecule has 3 heterocycles. The highest BCUT2D eigenvalue weighted by atomic mass is 32.2. The second-order valence-electron chi connectivity index (χ2n) is 5.40. The Kier molecular flexibility index (Phi) is 4.51. The minimum absolute atomic E-state index is 0.0388. The highest BCUT2D eigenvalue weighted by Crippen LogP contribution is 2.27. The number of hydrogen-bond acceptors (Lipinski definition) is 5. The van der Waals surface area contributed by atoms with Crippen LogP contribution in [0.2, 0.25) is 0 Å². The van der Waals surface area contributed by atoms with Crippen molar-refractivity contribution >= 4 is 27.2 Å². The molecule has 0 unspecified atom stereocenters. The molecule has 3 rings (SSSR count). The second kappa shape index (κ2) is 6.39. The Balaban J connectivity index is 1.60. The van der Waals surface area contributed by atoms with Crippen molar-refractivity contribution in [3.8, 4) is 10.6 Å². The number of nitrogens with one attached hydrogen (secondary N) is 2. The smallest absolute Gasteiger partial charge is 0.211 e. The maximum absolute atomic E-state index is 11.6. The summed E-state index contributed by atoms with van der Waals surface area (Å²) in [7, 11) is -3.12. The molecule has 6 nitrogen and oxygen atoms in total. The fraction of sp³-hybridized carbons (Fsp3) is 0.500. The molecule has 8 heteroatoms. The molecule has 0 radical (unpaired) electrons. The molecule has 0 aliphatic carbocycles. The SMILES string of the molecule is CCS(=O)(=O)NC1CCN(c2cc(-c3cccs3)[nH]n2)CC1. The fourth-order valence-corrected chi connectivity index (χ4v) is 4.20. The van der Waals surface area contributed by atoms with Crippen molar-refractivity contribution < 1.29 is 8.42 Å². The average Bonchev–Trinajstić information content (AvgIpc) is 3.19. The van der Waals surface area contributed by atoms with Gasteiger partial charge >= 0.3 is 0 Å². The molecule has 1 saturated heterocycles. The van der Waals surface area contributed by atoms with Gasteiger partial charge < -0.3 is 4.90 Å². The van der Waals surface area contributed by atoms with Crippen LogP contribution in [0, 0.1) is 0 Å². The van der Waals surface area contributed by atoms with E-state index in [2.05, 4.69) is 32.0 Å². The first-order chi connectivity index (χ1) is 10.6. The fourth-order valence-electron chi connectivity index (χ4n) is 2.59. The van der Waals surface area contributed by atoms with Gasteiger partial charge in [-0.15, -0.1) is 11.3 Å². The lowest BCUT2D eigenvalue weighted by Gasteiger charge is -2.32. The molecular weight excluding hydrogens is 320 g/mol. The first-order valence-electron chi connectivity index (χ1n) is 7.41. The third-order valence-corrected chi connectivity index (χ3v) is 6.25. The van der Waals surface area contributed by atoms with Gasteiger partial charge in [0.25, 0.3) is 0 Å².